The van der Waals surface area contributed by atoms with Crippen LogP contribution >= 0.6 is 0 Å². The molecule has 0 aliphatic carbocycles. The molecule has 1 saturated heterocycles. The summed E-state index contributed by atoms with van der Waals surface area (Å²) in [6, 6.07) is 16.6. The minimum atomic E-state index is 0.109. The Balaban J connectivity index is 2.10. The van der Waals surface area contributed by atoms with Crippen LogP contribution in [-0.2, 0) is 0 Å². The second-order valence-electron chi connectivity index (χ2n) is 5.59. The van der Waals surface area contributed by atoms with E-state index in [2.05, 4.69) is 34.5 Å². The molecule has 0 spiro atoms. The van der Waals surface area contributed by atoms with Gasteiger partial charge in [-0.2, -0.15) is 0 Å². The number of piperazine rings is 1. The van der Waals surface area contributed by atoms with Gasteiger partial charge < -0.3 is 9.47 Å². The van der Waals surface area contributed by atoms with Crippen LogP contribution in [0.25, 0.3) is 0 Å². The molecule has 0 N–H and O–H groups in total. The molecule has 0 unspecified atom stereocenters. The number of nitrogens with zero attached hydrogens (tertiary/aromatic N) is 2. The molecule has 0 saturated carbocycles. The summed E-state index contributed by atoms with van der Waals surface area (Å²) in [6.45, 7) is 3.64. The molecule has 2 aromatic carbocycles. The van der Waals surface area contributed by atoms with E-state index in [0.717, 1.165) is 37.7 Å². The molecule has 1 radical (unpaired) electrons. The Hall–Kier alpha value is -2.04. The highest BCUT2D eigenvalue weighted by Crippen LogP contribution is 2.38. The van der Waals surface area contributed by atoms with Crippen molar-refractivity contribution < 1.29 is 9.47 Å². The van der Waals surface area contributed by atoms with E-state index in [-0.39, 0.29) is 6.04 Å². The SMILES string of the molecule is COc1ccccc1C(c1ccccc1OC)N1CC[N]CC1. The Labute approximate surface area is 138 Å². The van der Waals surface area contributed by atoms with Gasteiger partial charge in [0.05, 0.1) is 20.3 Å². The highest BCUT2D eigenvalue weighted by atomic mass is 16.5. The first-order valence-corrected chi connectivity index (χ1v) is 7.98. The number of para-hydroxylation sites is 2. The van der Waals surface area contributed by atoms with Crippen molar-refractivity contribution in [3.8, 4) is 11.5 Å². The summed E-state index contributed by atoms with van der Waals surface area (Å²) in [5, 5.41) is 4.48. The van der Waals surface area contributed by atoms with Crippen LogP contribution in [0.15, 0.2) is 48.5 Å². The molecule has 1 aliphatic rings. The van der Waals surface area contributed by atoms with E-state index in [4.69, 9.17) is 9.47 Å². The molecule has 0 amide bonds. The van der Waals surface area contributed by atoms with Crippen molar-refractivity contribution in [2.45, 2.75) is 6.04 Å². The maximum Gasteiger partial charge on any atom is 0.123 e. The molecule has 1 heterocycles. The molecule has 121 valence electrons. The molecule has 4 heteroatoms. The number of benzene rings is 2. The number of rotatable bonds is 5. The van der Waals surface area contributed by atoms with Crippen LogP contribution in [0.5, 0.6) is 11.5 Å². The maximum atomic E-state index is 5.62. The predicted molar refractivity (Wildman–Crippen MR) is 91.3 cm³/mol. The molecule has 0 aromatic heterocycles. The molecule has 2 aromatic rings. The normalized spacial score (nSPS) is 15.6. The van der Waals surface area contributed by atoms with Gasteiger partial charge in [0.15, 0.2) is 0 Å². The second kappa shape index (κ2) is 7.49. The Morgan fingerprint density at radius 1 is 0.826 bits per heavy atom. The van der Waals surface area contributed by atoms with Gasteiger partial charge in [0, 0.05) is 37.3 Å². The fraction of sp³-hybridized carbons (Fsp3) is 0.368. The zero-order valence-corrected chi connectivity index (χ0v) is 13.7. The summed E-state index contributed by atoms with van der Waals surface area (Å²) >= 11 is 0. The topological polar surface area (TPSA) is 35.8 Å². The molecule has 1 fully saturated rings. The minimum absolute atomic E-state index is 0.109. The van der Waals surface area contributed by atoms with Gasteiger partial charge in [-0.15, -0.1) is 0 Å². The van der Waals surface area contributed by atoms with Gasteiger partial charge in [-0.1, -0.05) is 36.4 Å². The third kappa shape index (κ3) is 3.33. The van der Waals surface area contributed by atoms with Crippen molar-refractivity contribution in [1.29, 1.82) is 0 Å². The molecular weight excluding hydrogens is 288 g/mol. The number of methoxy groups -OCH3 is 2. The lowest BCUT2D eigenvalue weighted by Gasteiger charge is -2.36. The monoisotopic (exact) mass is 311 g/mol. The molecule has 1 aliphatic heterocycles. The lowest BCUT2D eigenvalue weighted by Crippen LogP contribution is -2.42. The average Bonchev–Trinajstić information content (AvgIpc) is 2.64. The van der Waals surface area contributed by atoms with E-state index < -0.39 is 0 Å². The summed E-state index contributed by atoms with van der Waals surface area (Å²) in [4.78, 5) is 2.46. The fourth-order valence-electron chi connectivity index (χ4n) is 3.23. The lowest BCUT2D eigenvalue weighted by molar-refractivity contribution is 0.190. The highest BCUT2D eigenvalue weighted by Gasteiger charge is 2.28. The van der Waals surface area contributed by atoms with E-state index in [9.17, 15) is 0 Å². The average molecular weight is 311 g/mol. The molecule has 3 rings (SSSR count). The minimum Gasteiger partial charge on any atom is -0.496 e. The van der Waals surface area contributed by atoms with Gasteiger partial charge in [-0.25, -0.2) is 5.32 Å². The van der Waals surface area contributed by atoms with Crippen LogP contribution in [0.2, 0.25) is 0 Å². The van der Waals surface area contributed by atoms with Crippen molar-refractivity contribution in [2.75, 3.05) is 40.4 Å². The Kier molecular flexibility index (Phi) is 5.16. The van der Waals surface area contributed by atoms with Gasteiger partial charge in [-0.3, -0.25) is 4.90 Å². The first-order chi connectivity index (χ1) is 11.3. The van der Waals surface area contributed by atoms with E-state index in [1.165, 1.54) is 11.1 Å². The maximum absolute atomic E-state index is 5.62. The predicted octanol–water partition coefficient (Wildman–Crippen LogP) is 2.71. The van der Waals surface area contributed by atoms with Crippen molar-refractivity contribution in [3.63, 3.8) is 0 Å². The summed E-state index contributed by atoms with van der Waals surface area (Å²) in [6.07, 6.45) is 0. The van der Waals surface area contributed by atoms with Crippen LogP contribution in [0, 0.1) is 0 Å². The van der Waals surface area contributed by atoms with Crippen LogP contribution in [0.3, 0.4) is 0 Å². The highest BCUT2D eigenvalue weighted by molar-refractivity contribution is 5.46. The van der Waals surface area contributed by atoms with Crippen molar-refractivity contribution >= 4 is 0 Å². The van der Waals surface area contributed by atoms with Gasteiger partial charge in [0.2, 0.25) is 0 Å². The van der Waals surface area contributed by atoms with E-state index in [0.29, 0.717) is 0 Å². The molecule has 0 bridgehead atoms. The molecule has 23 heavy (non-hydrogen) atoms. The first-order valence-electron chi connectivity index (χ1n) is 7.98. The van der Waals surface area contributed by atoms with E-state index in [1.54, 1.807) is 14.2 Å². The largest absolute Gasteiger partial charge is 0.496 e. The Morgan fingerprint density at radius 3 is 1.78 bits per heavy atom. The molecule has 0 atom stereocenters. The van der Waals surface area contributed by atoms with Gasteiger partial charge in [0.1, 0.15) is 11.5 Å². The third-order valence-corrected chi connectivity index (χ3v) is 4.32. The van der Waals surface area contributed by atoms with Gasteiger partial charge >= 0.3 is 0 Å². The van der Waals surface area contributed by atoms with Crippen LogP contribution in [0.4, 0.5) is 0 Å². The lowest BCUT2D eigenvalue weighted by atomic mass is 9.94. The number of ether oxygens (including phenoxy) is 2. The van der Waals surface area contributed by atoms with Crippen molar-refractivity contribution in [3.05, 3.63) is 59.7 Å². The van der Waals surface area contributed by atoms with Gasteiger partial charge in [-0.05, 0) is 12.1 Å². The Bertz CT molecular complexity index is 591. The van der Waals surface area contributed by atoms with Gasteiger partial charge in [0.25, 0.3) is 0 Å². The summed E-state index contributed by atoms with van der Waals surface area (Å²) in [5.41, 5.74) is 2.34. The van der Waals surface area contributed by atoms with E-state index >= 15 is 0 Å². The Morgan fingerprint density at radius 2 is 1.30 bits per heavy atom. The third-order valence-electron chi connectivity index (χ3n) is 4.32. The van der Waals surface area contributed by atoms with Crippen LogP contribution in [0.1, 0.15) is 17.2 Å². The van der Waals surface area contributed by atoms with E-state index in [1.807, 2.05) is 24.3 Å². The summed E-state index contributed by atoms with van der Waals surface area (Å²) in [7, 11) is 3.45. The molecule has 4 nitrogen and oxygen atoms in total. The van der Waals surface area contributed by atoms with Crippen LogP contribution in [-0.4, -0.2) is 45.3 Å². The zero-order valence-electron chi connectivity index (χ0n) is 13.7. The number of hydrogen-bond donors (Lipinski definition) is 0. The second-order valence-corrected chi connectivity index (χ2v) is 5.59. The smallest absolute Gasteiger partial charge is 0.123 e. The summed E-state index contributed by atoms with van der Waals surface area (Å²) in [5.74, 6) is 1.82. The zero-order chi connectivity index (χ0) is 16.1. The standard InChI is InChI=1S/C19H23N2O2/c1-22-17-9-5-3-7-15(17)19(21-13-11-20-12-14-21)16-8-4-6-10-18(16)23-2/h3-10,19H,11-14H2,1-2H3. The van der Waals surface area contributed by atoms with Crippen molar-refractivity contribution in [1.82, 2.24) is 10.2 Å². The summed E-state index contributed by atoms with van der Waals surface area (Å²) < 4.78 is 11.2. The van der Waals surface area contributed by atoms with Crippen molar-refractivity contribution in [2.24, 2.45) is 0 Å². The van der Waals surface area contributed by atoms with Crippen LogP contribution < -0.4 is 14.8 Å². The number of hydrogen-bond acceptors (Lipinski definition) is 3. The quantitative estimate of drug-likeness (QED) is 0.852. The first kappa shape index (κ1) is 15.8. The fourth-order valence-corrected chi connectivity index (χ4v) is 3.23. The molecular formula is C19H23N2O2.